The summed E-state index contributed by atoms with van der Waals surface area (Å²) in [7, 11) is 0. The number of aryl methyl sites for hydroxylation is 2. The third-order valence-electron chi connectivity index (χ3n) is 3.82. The smallest absolute Gasteiger partial charge is 0.260 e. The van der Waals surface area contributed by atoms with Crippen LogP contribution in [0.3, 0.4) is 0 Å². The number of nitrogens with two attached hydrogens (primary N) is 1. The Hall–Kier alpha value is -2.80. The van der Waals surface area contributed by atoms with E-state index in [1.807, 2.05) is 38.1 Å². The number of carbonyl (C=O) groups is 2. The molecule has 0 radical (unpaired) electrons. The van der Waals surface area contributed by atoms with Gasteiger partial charge in [0, 0.05) is 11.1 Å². The highest BCUT2D eigenvalue weighted by Crippen LogP contribution is 2.24. The molecule has 3 rings (SSSR count). The Kier molecular flexibility index (Phi) is 4.26. The Morgan fingerprint density at radius 3 is 2.71 bits per heavy atom. The molecule has 0 saturated carbocycles. The predicted octanol–water partition coefficient (Wildman–Crippen LogP) is 2.59. The molecule has 0 saturated heterocycles. The zero-order chi connectivity index (χ0) is 17.3. The number of pyridine rings is 1. The van der Waals surface area contributed by atoms with Gasteiger partial charge in [0.1, 0.15) is 4.88 Å². The van der Waals surface area contributed by atoms with E-state index >= 15 is 0 Å². The van der Waals surface area contributed by atoms with Crippen LogP contribution in [-0.2, 0) is 11.2 Å². The molecule has 0 aliphatic rings. The summed E-state index contributed by atoms with van der Waals surface area (Å²) in [6, 6.07) is 7.86. The molecule has 0 spiro atoms. The van der Waals surface area contributed by atoms with Crippen molar-refractivity contribution in [2.75, 3.05) is 5.32 Å². The van der Waals surface area contributed by atoms with Gasteiger partial charge in [-0.15, -0.1) is 0 Å². The minimum absolute atomic E-state index is 0.195. The summed E-state index contributed by atoms with van der Waals surface area (Å²) in [4.78, 5) is 32.3. The predicted molar refractivity (Wildman–Crippen MR) is 94.2 cm³/mol. The maximum absolute atomic E-state index is 12.3. The lowest BCUT2D eigenvalue weighted by atomic mass is 9.99. The van der Waals surface area contributed by atoms with Gasteiger partial charge in [-0.05, 0) is 31.0 Å². The fourth-order valence-electron chi connectivity index (χ4n) is 2.60. The van der Waals surface area contributed by atoms with Crippen LogP contribution in [-0.4, -0.2) is 21.8 Å². The van der Waals surface area contributed by atoms with E-state index < -0.39 is 5.91 Å². The Balaban J connectivity index is 1.83. The van der Waals surface area contributed by atoms with Crippen molar-refractivity contribution in [1.82, 2.24) is 9.97 Å². The number of nitrogens with one attached hydrogen (secondary N) is 1. The van der Waals surface area contributed by atoms with Crippen molar-refractivity contribution in [2.45, 2.75) is 20.3 Å². The number of hydrogen-bond acceptors (Lipinski definition) is 5. The lowest BCUT2D eigenvalue weighted by Crippen LogP contribution is -2.16. The fourth-order valence-corrected chi connectivity index (χ4v) is 3.29. The molecule has 2 heterocycles. The number of fused-ring (bicyclic) bond motifs is 1. The topological polar surface area (TPSA) is 98.0 Å². The molecule has 7 heteroatoms. The zero-order valence-corrected chi connectivity index (χ0v) is 14.1. The van der Waals surface area contributed by atoms with Crippen molar-refractivity contribution in [1.29, 1.82) is 0 Å². The number of carbonyl (C=O) groups excluding carboxylic acids is 2. The van der Waals surface area contributed by atoms with Gasteiger partial charge >= 0.3 is 0 Å². The van der Waals surface area contributed by atoms with Crippen LogP contribution < -0.4 is 11.1 Å². The van der Waals surface area contributed by atoms with E-state index in [-0.39, 0.29) is 12.3 Å². The van der Waals surface area contributed by atoms with Gasteiger partial charge in [0.15, 0.2) is 5.13 Å². The van der Waals surface area contributed by atoms with Gasteiger partial charge in [-0.3, -0.25) is 14.6 Å². The number of nitrogens with zero attached hydrogens (tertiary/aromatic N) is 2. The van der Waals surface area contributed by atoms with Gasteiger partial charge in [0.05, 0.1) is 18.1 Å². The summed E-state index contributed by atoms with van der Waals surface area (Å²) >= 11 is 1.06. The summed E-state index contributed by atoms with van der Waals surface area (Å²) in [6.45, 7) is 3.89. The summed E-state index contributed by atoms with van der Waals surface area (Å²) in [5, 5.41) is 4.10. The van der Waals surface area contributed by atoms with Gasteiger partial charge < -0.3 is 11.1 Å². The number of para-hydroxylation sites is 1. The highest BCUT2D eigenvalue weighted by atomic mass is 32.1. The van der Waals surface area contributed by atoms with Crippen LogP contribution in [0.25, 0.3) is 10.9 Å². The van der Waals surface area contributed by atoms with Crippen molar-refractivity contribution in [3.05, 3.63) is 52.2 Å². The van der Waals surface area contributed by atoms with Crippen molar-refractivity contribution >= 4 is 39.2 Å². The Morgan fingerprint density at radius 1 is 1.25 bits per heavy atom. The van der Waals surface area contributed by atoms with E-state index in [9.17, 15) is 9.59 Å². The van der Waals surface area contributed by atoms with Gasteiger partial charge in [0.2, 0.25) is 5.91 Å². The molecule has 3 N–H and O–H groups in total. The van der Waals surface area contributed by atoms with Crippen molar-refractivity contribution in [3.63, 3.8) is 0 Å². The first-order valence-corrected chi connectivity index (χ1v) is 8.17. The van der Waals surface area contributed by atoms with E-state index in [1.54, 1.807) is 0 Å². The molecule has 0 aliphatic carbocycles. The first-order chi connectivity index (χ1) is 11.5. The Morgan fingerprint density at radius 2 is 2.00 bits per heavy atom. The molecule has 0 bridgehead atoms. The first kappa shape index (κ1) is 16.1. The van der Waals surface area contributed by atoms with Gasteiger partial charge in [-0.2, -0.15) is 0 Å². The average molecular weight is 340 g/mol. The van der Waals surface area contributed by atoms with Crippen molar-refractivity contribution < 1.29 is 9.59 Å². The van der Waals surface area contributed by atoms with Crippen LogP contribution in [0.1, 0.15) is 26.5 Å². The zero-order valence-electron chi connectivity index (χ0n) is 13.3. The maximum Gasteiger partial charge on any atom is 0.260 e. The fraction of sp³-hybridized carbons (Fsp3) is 0.176. The van der Waals surface area contributed by atoms with Crippen molar-refractivity contribution in [2.24, 2.45) is 5.73 Å². The SMILES string of the molecule is Cc1nc2ccccc2c(C)c1CC(=O)Nc1ncc(C(N)=O)s1. The molecular weight excluding hydrogens is 324 g/mol. The van der Waals surface area contributed by atoms with Gasteiger partial charge in [0.25, 0.3) is 5.91 Å². The normalized spacial score (nSPS) is 10.8. The molecule has 24 heavy (non-hydrogen) atoms. The quantitative estimate of drug-likeness (QED) is 0.762. The Bertz CT molecular complexity index is 949. The third kappa shape index (κ3) is 3.11. The maximum atomic E-state index is 12.3. The molecular formula is C17H16N4O2S. The number of hydrogen-bond donors (Lipinski definition) is 2. The number of anilines is 1. The average Bonchev–Trinajstić information content (AvgIpc) is 3.00. The number of aromatic nitrogens is 2. The molecule has 3 aromatic rings. The van der Waals surface area contributed by atoms with E-state index in [1.165, 1.54) is 6.20 Å². The minimum atomic E-state index is -0.557. The lowest BCUT2D eigenvalue weighted by molar-refractivity contribution is -0.115. The number of primary amides is 1. The van der Waals surface area contributed by atoms with Crippen LogP contribution in [0.15, 0.2) is 30.5 Å². The largest absolute Gasteiger partial charge is 0.365 e. The monoisotopic (exact) mass is 340 g/mol. The molecule has 2 aromatic heterocycles. The van der Waals surface area contributed by atoms with Gasteiger partial charge in [-0.25, -0.2) is 4.98 Å². The first-order valence-electron chi connectivity index (χ1n) is 7.36. The van der Waals surface area contributed by atoms with Crippen LogP contribution in [0.2, 0.25) is 0 Å². The molecule has 0 unspecified atom stereocenters. The summed E-state index contributed by atoms with van der Waals surface area (Å²) in [6.07, 6.45) is 1.55. The molecule has 122 valence electrons. The summed E-state index contributed by atoms with van der Waals surface area (Å²) < 4.78 is 0. The van der Waals surface area contributed by atoms with Crippen LogP contribution in [0, 0.1) is 13.8 Å². The molecule has 1 aromatic carbocycles. The standard InChI is InChI=1S/C17H16N4O2S/c1-9-11-5-3-4-6-13(11)20-10(2)12(9)7-15(22)21-17-19-8-14(24-17)16(18)23/h3-6,8H,7H2,1-2H3,(H2,18,23)(H,19,21,22). The van der Waals surface area contributed by atoms with E-state index in [2.05, 4.69) is 15.3 Å². The molecule has 2 amide bonds. The van der Waals surface area contributed by atoms with Crippen LogP contribution in [0.4, 0.5) is 5.13 Å². The second-order valence-corrected chi connectivity index (χ2v) is 6.47. The number of thiazole rings is 1. The second-order valence-electron chi connectivity index (χ2n) is 5.44. The molecule has 0 fully saturated rings. The van der Waals surface area contributed by atoms with Crippen molar-refractivity contribution in [3.8, 4) is 0 Å². The Labute approximate surface area is 142 Å². The molecule has 0 aliphatic heterocycles. The highest BCUT2D eigenvalue weighted by Gasteiger charge is 2.15. The second kappa shape index (κ2) is 6.37. The highest BCUT2D eigenvalue weighted by molar-refractivity contribution is 7.17. The van der Waals surface area contributed by atoms with Crippen LogP contribution in [0.5, 0.6) is 0 Å². The summed E-state index contributed by atoms with van der Waals surface area (Å²) in [5.41, 5.74) is 8.88. The van der Waals surface area contributed by atoms with Crippen LogP contribution >= 0.6 is 11.3 Å². The number of benzene rings is 1. The molecule has 0 atom stereocenters. The minimum Gasteiger partial charge on any atom is -0.365 e. The summed E-state index contributed by atoms with van der Waals surface area (Å²) in [5.74, 6) is -0.762. The number of amides is 2. The van der Waals surface area contributed by atoms with E-state index in [0.717, 1.165) is 39.1 Å². The lowest BCUT2D eigenvalue weighted by Gasteiger charge is -2.12. The molecule has 6 nitrogen and oxygen atoms in total. The number of rotatable bonds is 4. The third-order valence-corrected chi connectivity index (χ3v) is 4.75. The van der Waals surface area contributed by atoms with E-state index in [4.69, 9.17) is 5.73 Å². The van der Waals surface area contributed by atoms with E-state index in [0.29, 0.717) is 10.0 Å². The van der Waals surface area contributed by atoms with Gasteiger partial charge in [-0.1, -0.05) is 29.5 Å².